The second kappa shape index (κ2) is 4.31. The minimum Gasteiger partial charge on any atom is -0.277 e. The number of aromatic nitrogens is 1. The smallest absolute Gasteiger partial charge is 0.256 e. The van der Waals surface area contributed by atoms with Crippen LogP contribution in [0.25, 0.3) is 16.9 Å². The van der Waals surface area contributed by atoms with E-state index in [0.717, 1.165) is 16.9 Å². The van der Waals surface area contributed by atoms with Gasteiger partial charge in [-0.05, 0) is 30.3 Å². The summed E-state index contributed by atoms with van der Waals surface area (Å²) in [6.45, 7) is 0. The fraction of sp³-hybridized carbons (Fsp3) is 0. The first kappa shape index (κ1) is 11.1. The Morgan fingerprint density at radius 3 is 2.39 bits per heavy atom. The maximum absolute atomic E-state index is 12.1. The van der Waals surface area contributed by atoms with Gasteiger partial charge < -0.3 is 0 Å². The van der Waals surface area contributed by atoms with Crippen molar-refractivity contribution in [2.24, 2.45) is 0 Å². The summed E-state index contributed by atoms with van der Waals surface area (Å²) in [6.07, 6.45) is 0. The molecule has 1 aromatic rings. The molecule has 2 aliphatic rings. The summed E-state index contributed by atoms with van der Waals surface area (Å²) in [6, 6.07) is 18.6. The molecule has 0 radical (unpaired) electrons. The number of benzene rings is 1. The molecule has 0 atom stereocenters. The molecule has 1 aromatic carbocycles. The summed E-state index contributed by atoms with van der Waals surface area (Å²) >= 11 is 5.86. The molecule has 0 amide bonds. The summed E-state index contributed by atoms with van der Waals surface area (Å²) in [5.41, 5.74) is 2.62. The van der Waals surface area contributed by atoms with Crippen molar-refractivity contribution in [3.05, 3.63) is 76.0 Å². The van der Waals surface area contributed by atoms with Gasteiger partial charge in [-0.25, -0.2) is 0 Å². The van der Waals surface area contributed by atoms with Crippen LogP contribution in [-0.4, -0.2) is 4.57 Å². The summed E-state index contributed by atoms with van der Waals surface area (Å²) in [5.74, 6) is 0. The molecule has 0 aromatic heterocycles. The summed E-state index contributed by atoms with van der Waals surface area (Å²) < 4.78 is 1.69. The lowest BCUT2D eigenvalue weighted by Gasteiger charge is -2.05. The monoisotopic (exact) mass is 255 g/mol. The number of hydrogen-bond acceptors (Lipinski definition) is 1. The van der Waals surface area contributed by atoms with Crippen molar-refractivity contribution >= 4 is 11.6 Å². The van der Waals surface area contributed by atoms with Crippen LogP contribution in [0, 0.1) is 0 Å². The number of fused-ring (bicyclic) bond motifs is 1. The fourth-order valence-corrected chi connectivity index (χ4v) is 2.18. The van der Waals surface area contributed by atoms with E-state index in [2.05, 4.69) is 0 Å². The van der Waals surface area contributed by atoms with E-state index in [4.69, 9.17) is 11.6 Å². The highest BCUT2D eigenvalue weighted by Crippen LogP contribution is 2.23. The Morgan fingerprint density at radius 2 is 1.61 bits per heavy atom. The van der Waals surface area contributed by atoms with Gasteiger partial charge in [0.05, 0.1) is 5.69 Å². The van der Waals surface area contributed by atoms with Crippen LogP contribution in [-0.2, 0) is 0 Å². The molecular formula is C15H10ClNO. The molecule has 3 rings (SSSR count). The molecule has 0 bridgehead atoms. The van der Waals surface area contributed by atoms with E-state index < -0.39 is 0 Å². The number of halogens is 1. The highest BCUT2D eigenvalue weighted by molar-refractivity contribution is 6.30. The predicted octanol–water partition coefficient (Wildman–Crippen LogP) is 3.60. The molecule has 0 fully saturated rings. The first-order valence-electron chi connectivity index (χ1n) is 5.62. The van der Waals surface area contributed by atoms with Crippen LogP contribution in [0.1, 0.15) is 0 Å². The third kappa shape index (κ3) is 1.81. The number of nitrogens with zero attached hydrogens (tertiary/aromatic N) is 1. The van der Waals surface area contributed by atoms with Crippen LogP contribution >= 0.6 is 11.6 Å². The van der Waals surface area contributed by atoms with Crippen LogP contribution in [0.15, 0.2) is 65.5 Å². The summed E-state index contributed by atoms with van der Waals surface area (Å²) in [7, 11) is 0. The Hall–Kier alpha value is -2.06. The van der Waals surface area contributed by atoms with Gasteiger partial charge in [-0.1, -0.05) is 35.9 Å². The van der Waals surface area contributed by atoms with Gasteiger partial charge in [-0.3, -0.25) is 9.36 Å². The topological polar surface area (TPSA) is 22.0 Å². The Balaban J connectivity index is 2.29. The third-order valence-electron chi connectivity index (χ3n) is 2.87. The van der Waals surface area contributed by atoms with Gasteiger partial charge in [0, 0.05) is 22.3 Å². The SMILES string of the molecule is O=c1cc2cccccc-2n1-c1ccc(Cl)cc1. The number of hydrogen-bond donors (Lipinski definition) is 0. The molecule has 0 saturated carbocycles. The van der Waals surface area contributed by atoms with Gasteiger partial charge in [0.1, 0.15) is 0 Å². The van der Waals surface area contributed by atoms with Gasteiger partial charge in [0.25, 0.3) is 5.56 Å². The Bertz CT molecular complexity index is 715. The van der Waals surface area contributed by atoms with E-state index in [1.165, 1.54) is 0 Å². The first-order valence-corrected chi connectivity index (χ1v) is 6.00. The molecule has 0 spiro atoms. The molecule has 1 aliphatic carbocycles. The molecule has 3 heteroatoms. The fourth-order valence-electron chi connectivity index (χ4n) is 2.05. The molecule has 2 nitrogen and oxygen atoms in total. The van der Waals surface area contributed by atoms with Crippen molar-refractivity contribution in [3.63, 3.8) is 0 Å². The van der Waals surface area contributed by atoms with Crippen LogP contribution < -0.4 is 5.56 Å². The maximum Gasteiger partial charge on any atom is 0.256 e. The Kier molecular flexibility index (Phi) is 2.65. The highest BCUT2D eigenvalue weighted by atomic mass is 35.5. The summed E-state index contributed by atoms with van der Waals surface area (Å²) in [5, 5.41) is 0.660. The zero-order valence-electron chi connectivity index (χ0n) is 9.51. The van der Waals surface area contributed by atoms with Crippen molar-refractivity contribution < 1.29 is 0 Å². The van der Waals surface area contributed by atoms with Crippen LogP contribution in [0.4, 0.5) is 0 Å². The van der Waals surface area contributed by atoms with Gasteiger partial charge in [0.2, 0.25) is 0 Å². The normalized spacial score (nSPS) is 10.7. The predicted molar refractivity (Wildman–Crippen MR) is 73.7 cm³/mol. The Labute approximate surface area is 109 Å². The molecule has 0 saturated heterocycles. The zero-order valence-corrected chi connectivity index (χ0v) is 10.3. The quantitative estimate of drug-likeness (QED) is 0.651. The average Bonchev–Trinajstić information content (AvgIpc) is 2.54. The lowest BCUT2D eigenvalue weighted by atomic mass is 10.2. The molecule has 1 aliphatic heterocycles. The standard InChI is InChI=1S/C15H10ClNO/c16-12-6-8-13(9-7-12)17-14-5-3-1-2-4-11(14)10-15(17)18/h1-10H. The van der Waals surface area contributed by atoms with Gasteiger partial charge in [-0.15, -0.1) is 0 Å². The first-order chi connectivity index (χ1) is 8.75. The average molecular weight is 256 g/mol. The van der Waals surface area contributed by atoms with Crippen molar-refractivity contribution in [3.8, 4) is 16.9 Å². The van der Waals surface area contributed by atoms with Crippen molar-refractivity contribution in [2.45, 2.75) is 0 Å². The van der Waals surface area contributed by atoms with Crippen molar-refractivity contribution in [2.75, 3.05) is 0 Å². The minimum atomic E-state index is -0.0291. The van der Waals surface area contributed by atoms with Crippen molar-refractivity contribution in [1.82, 2.24) is 4.57 Å². The molecule has 1 heterocycles. The molecule has 88 valence electrons. The summed E-state index contributed by atoms with van der Waals surface area (Å²) in [4.78, 5) is 12.1. The molecular weight excluding hydrogens is 246 g/mol. The van der Waals surface area contributed by atoms with Gasteiger partial charge in [-0.2, -0.15) is 0 Å². The van der Waals surface area contributed by atoms with E-state index in [1.807, 2.05) is 42.5 Å². The largest absolute Gasteiger partial charge is 0.277 e. The van der Waals surface area contributed by atoms with Crippen LogP contribution in [0.2, 0.25) is 5.02 Å². The zero-order chi connectivity index (χ0) is 12.5. The van der Waals surface area contributed by atoms with Crippen molar-refractivity contribution in [1.29, 1.82) is 0 Å². The third-order valence-corrected chi connectivity index (χ3v) is 3.12. The van der Waals surface area contributed by atoms with Gasteiger partial charge in [0.15, 0.2) is 0 Å². The maximum atomic E-state index is 12.1. The molecule has 0 unspecified atom stereocenters. The van der Waals surface area contributed by atoms with E-state index in [9.17, 15) is 4.79 Å². The Morgan fingerprint density at radius 1 is 0.889 bits per heavy atom. The molecule has 0 N–H and O–H groups in total. The molecule has 18 heavy (non-hydrogen) atoms. The second-order valence-electron chi connectivity index (χ2n) is 4.05. The lowest BCUT2D eigenvalue weighted by molar-refractivity contribution is 1.04. The lowest BCUT2D eigenvalue weighted by Crippen LogP contribution is -2.11. The van der Waals surface area contributed by atoms with Gasteiger partial charge >= 0.3 is 0 Å². The van der Waals surface area contributed by atoms with E-state index in [1.54, 1.807) is 22.8 Å². The highest BCUT2D eigenvalue weighted by Gasteiger charge is 2.11. The van der Waals surface area contributed by atoms with E-state index in [0.29, 0.717) is 5.02 Å². The minimum absolute atomic E-state index is 0.0291. The van der Waals surface area contributed by atoms with Crippen LogP contribution in [0.5, 0.6) is 0 Å². The van der Waals surface area contributed by atoms with Crippen LogP contribution in [0.3, 0.4) is 0 Å². The van der Waals surface area contributed by atoms with E-state index in [-0.39, 0.29) is 5.56 Å². The second-order valence-corrected chi connectivity index (χ2v) is 4.48. The number of rotatable bonds is 1. The van der Waals surface area contributed by atoms with E-state index >= 15 is 0 Å².